The highest BCUT2D eigenvalue weighted by Crippen LogP contribution is 2.34. The first-order valence-corrected chi connectivity index (χ1v) is 7.03. The van der Waals surface area contributed by atoms with E-state index in [4.69, 9.17) is 13.9 Å². The summed E-state index contributed by atoms with van der Waals surface area (Å²) in [7, 11) is 0. The van der Waals surface area contributed by atoms with Crippen molar-refractivity contribution in [1.82, 2.24) is 10.2 Å². The van der Waals surface area contributed by atoms with E-state index in [0.29, 0.717) is 29.8 Å². The molecule has 1 aliphatic heterocycles. The molecule has 7 nitrogen and oxygen atoms in total. The number of phenols is 1. The van der Waals surface area contributed by atoms with Gasteiger partial charge in [-0.2, -0.15) is 0 Å². The molecular weight excluding hydrogens is 298 g/mol. The van der Waals surface area contributed by atoms with E-state index >= 15 is 0 Å². The summed E-state index contributed by atoms with van der Waals surface area (Å²) in [6.07, 6.45) is 0.496. The van der Waals surface area contributed by atoms with Gasteiger partial charge in [0.1, 0.15) is 5.75 Å². The number of nitrogens with zero attached hydrogens (tertiary/aromatic N) is 2. The van der Waals surface area contributed by atoms with Gasteiger partial charge in [-0.25, -0.2) is 0 Å². The lowest BCUT2D eigenvalue weighted by atomic mass is 10.1. The van der Waals surface area contributed by atoms with E-state index in [2.05, 4.69) is 15.5 Å². The number of hydrogen-bond acceptors (Lipinski definition) is 7. The number of fused-ring (bicyclic) bond motifs is 1. The molecule has 0 unspecified atom stereocenters. The van der Waals surface area contributed by atoms with Gasteiger partial charge < -0.3 is 24.3 Å². The molecule has 2 aromatic carbocycles. The van der Waals surface area contributed by atoms with Gasteiger partial charge in [-0.15, -0.1) is 5.10 Å². The van der Waals surface area contributed by atoms with Crippen molar-refractivity contribution in [2.75, 3.05) is 12.1 Å². The highest BCUT2D eigenvalue weighted by molar-refractivity contribution is 5.59. The third-order valence-corrected chi connectivity index (χ3v) is 3.38. The minimum absolute atomic E-state index is 0.226. The minimum atomic E-state index is 0.226. The molecular formula is C16H13N3O4. The number of ether oxygens (including phenoxy) is 2. The molecule has 0 saturated heterocycles. The summed E-state index contributed by atoms with van der Waals surface area (Å²) in [4.78, 5) is 0. The van der Waals surface area contributed by atoms with Crippen LogP contribution in [0, 0.1) is 0 Å². The Morgan fingerprint density at radius 1 is 1.00 bits per heavy atom. The van der Waals surface area contributed by atoms with Crippen molar-refractivity contribution in [3.05, 3.63) is 53.9 Å². The summed E-state index contributed by atoms with van der Waals surface area (Å²) in [5.41, 5.74) is 1.75. The van der Waals surface area contributed by atoms with Gasteiger partial charge in [0, 0.05) is 11.8 Å². The molecule has 116 valence electrons. The zero-order chi connectivity index (χ0) is 15.6. The van der Waals surface area contributed by atoms with Crippen molar-refractivity contribution in [3.63, 3.8) is 0 Å². The molecule has 0 spiro atoms. The first-order chi connectivity index (χ1) is 11.3. The molecule has 1 aliphatic rings. The van der Waals surface area contributed by atoms with Crippen molar-refractivity contribution < 1.29 is 19.0 Å². The predicted molar refractivity (Wildman–Crippen MR) is 81.1 cm³/mol. The Kier molecular flexibility index (Phi) is 3.23. The van der Waals surface area contributed by atoms with Crippen LogP contribution < -0.4 is 14.8 Å². The highest BCUT2D eigenvalue weighted by atomic mass is 16.7. The topological polar surface area (TPSA) is 89.6 Å². The van der Waals surface area contributed by atoms with Crippen molar-refractivity contribution in [1.29, 1.82) is 0 Å². The maximum absolute atomic E-state index is 9.28. The molecule has 0 atom stereocenters. The zero-order valence-corrected chi connectivity index (χ0v) is 12.0. The first kappa shape index (κ1) is 13.4. The van der Waals surface area contributed by atoms with E-state index in [0.717, 1.165) is 11.3 Å². The van der Waals surface area contributed by atoms with Crippen LogP contribution >= 0.6 is 0 Å². The maximum Gasteiger partial charge on any atom is 0.320 e. The number of benzene rings is 2. The molecule has 2 heterocycles. The standard InChI is InChI=1S/C16H13N3O4/c20-12-4-1-10(2-5-12)7-15-18-19-16(23-15)17-11-3-6-13-14(8-11)22-9-21-13/h1-6,8,20H,7,9H2,(H,17,19). The average molecular weight is 311 g/mol. The van der Waals surface area contributed by atoms with Crippen LogP contribution in [0.15, 0.2) is 46.9 Å². The van der Waals surface area contributed by atoms with Gasteiger partial charge in [-0.05, 0) is 29.8 Å². The monoisotopic (exact) mass is 311 g/mol. The fraction of sp³-hybridized carbons (Fsp3) is 0.125. The van der Waals surface area contributed by atoms with Gasteiger partial charge in [-0.3, -0.25) is 0 Å². The highest BCUT2D eigenvalue weighted by Gasteiger charge is 2.14. The van der Waals surface area contributed by atoms with E-state index in [1.807, 2.05) is 30.3 Å². The fourth-order valence-electron chi connectivity index (χ4n) is 2.26. The van der Waals surface area contributed by atoms with Crippen LogP contribution in [0.1, 0.15) is 11.5 Å². The van der Waals surface area contributed by atoms with Crippen LogP contribution in [0.25, 0.3) is 0 Å². The molecule has 0 radical (unpaired) electrons. The van der Waals surface area contributed by atoms with Crippen LogP contribution in [-0.4, -0.2) is 22.1 Å². The molecule has 0 saturated carbocycles. The van der Waals surface area contributed by atoms with Crippen molar-refractivity contribution in [3.8, 4) is 17.2 Å². The Morgan fingerprint density at radius 2 is 1.83 bits per heavy atom. The number of aromatic hydroxyl groups is 1. The van der Waals surface area contributed by atoms with E-state index in [1.165, 1.54) is 0 Å². The summed E-state index contributed by atoms with van der Waals surface area (Å²) in [5.74, 6) is 2.11. The van der Waals surface area contributed by atoms with Crippen LogP contribution in [0.5, 0.6) is 17.2 Å². The smallest absolute Gasteiger partial charge is 0.320 e. The summed E-state index contributed by atoms with van der Waals surface area (Å²) in [6, 6.07) is 12.6. The molecule has 2 N–H and O–H groups in total. The molecule has 3 aromatic rings. The van der Waals surface area contributed by atoms with Crippen LogP contribution in [0.2, 0.25) is 0 Å². The van der Waals surface area contributed by atoms with Gasteiger partial charge >= 0.3 is 6.01 Å². The van der Waals surface area contributed by atoms with Crippen molar-refractivity contribution in [2.24, 2.45) is 0 Å². The van der Waals surface area contributed by atoms with Crippen molar-refractivity contribution in [2.45, 2.75) is 6.42 Å². The molecule has 23 heavy (non-hydrogen) atoms. The van der Waals surface area contributed by atoms with Gasteiger partial charge in [-0.1, -0.05) is 17.2 Å². The number of nitrogens with one attached hydrogen (secondary N) is 1. The van der Waals surface area contributed by atoms with E-state index in [-0.39, 0.29) is 12.5 Å². The maximum atomic E-state index is 9.28. The molecule has 0 fully saturated rings. The second kappa shape index (κ2) is 5.53. The SMILES string of the molecule is Oc1ccc(Cc2nnc(Nc3ccc4c(c3)OCO4)o2)cc1. The predicted octanol–water partition coefficient (Wildman–Crippen LogP) is 2.84. The Labute approximate surface area is 131 Å². The number of rotatable bonds is 4. The molecule has 7 heteroatoms. The second-order valence-electron chi connectivity index (χ2n) is 5.04. The second-order valence-corrected chi connectivity index (χ2v) is 5.04. The summed E-state index contributed by atoms with van der Waals surface area (Å²) < 4.78 is 16.2. The number of phenolic OH excluding ortho intramolecular Hbond substituents is 1. The number of aromatic nitrogens is 2. The number of hydrogen-bond donors (Lipinski definition) is 2. The first-order valence-electron chi connectivity index (χ1n) is 7.03. The molecule has 0 bridgehead atoms. The van der Waals surface area contributed by atoms with Crippen molar-refractivity contribution >= 4 is 11.7 Å². The molecule has 1 aromatic heterocycles. The van der Waals surface area contributed by atoms with Gasteiger partial charge in [0.2, 0.25) is 12.7 Å². The average Bonchev–Trinajstić information content (AvgIpc) is 3.18. The Morgan fingerprint density at radius 3 is 2.70 bits per heavy atom. The lowest BCUT2D eigenvalue weighted by Crippen LogP contribution is -1.93. The Balaban J connectivity index is 1.46. The minimum Gasteiger partial charge on any atom is -0.508 e. The Hall–Kier alpha value is -3.22. The molecule has 0 aliphatic carbocycles. The van der Waals surface area contributed by atoms with E-state index in [9.17, 15) is 5.11 Å². The van der Waals surface area contributed by atoms with Crippen LogP contribution in [-0.2, 0) is 6.42 Å². The summed E-state index contributed by atoms with van der Waals surface area (Å²) in [6.45, 7) is 0.232. The third-order valence-electron chi connectivity index (χ3n) is 3.38. The summed E-state index contributed by atoms with van der Waals surface area (Å²) in [5, 5.41) is 20.3. The normalized spacial score (nSPS) is 12.3. The van der Waals surface area contributed by atoms with Crippen LogP contribution in [0.3, 0.4) is 0 Å². The molecule has 0 amide bonds. The lowest BCUT2D eigenvalue weighted by molar-refractivity contribution is 0.174. The number of anilines is 2. The third kappa shape index (κ3) is 2.89. The van der Waals surface area contributed by atoms with Gasteiger partial charge in [0.15, 0.2) is 11.5 Å². The van der Waals surface area contributed by atoms with E-state index in [1.54, 1.807) is 12.1 Å². The zero-order valence-electron chi connectivity index (χ0n) is 12.0. The fourth-order valence-corrected chi connectivity index (χ4v) is 2.26. The van der Waals surface area contributed by atoms with Gasteiger partial charge in [0.25, 0.3) is 0 Å². The Bertz CT molecular complexity index is 830. The quantitative estimate of drug-likeness (QED) is 0.765. The summed E-state index contributed by atoms with van der Waals surface area (Å²) >= 11 is 0. The largest absolute Gasteiger partial charge is 0.508 e. The van der Waals surface area contributed by atoms with E-state index < -0.39 is 0 Å². The lowest BCUT2D eigenvalue weighted by Gasteiger charge is -2.02. The van der Waals surface area contributed by atoms with Crippen LogP contribution in [0.4, 0.5) is 11.7 Å². The van der Waals surface area contributed by atoms with Gasteiger partial charge in [0.05, 0.1) is 6.42 Å². The molecule has 4 rings (SSSR count).